The SMILES string of the molecule is C=C1/C=C(/C=C(\C(=C)C)c2cc(C#N)ccc2C)NCCCC1. The van der Waals surface area contributed by atoms with Crippen molar-refractivity contribution in [3.63, 3.8) is 0 Å². The first kappa shape index (κ1) is 16.8. The molecule has 1 aliphatic heterocycles. The van der Waals surface area contributed by atoms with Gasteiger partial charge >= 0.3 is 0 Å². The summed E-state index contributed by atoms with van der Waals surface area (Å²) in [5, 5.41) is 12.6. The van der Waals surface area contributed by atoms with Crippen LogP contribution in [-0.4, -0.2) is 6.54 Å². The Bertz CT molecular complexity index is 727. The minimum absolute atomic E-state index is 0.668. The molecule has 0 bridgehead atoms. The van der Waals surface area contributed by atoms with Crippen LogP contribution in [0.25, 0.3) is 5.57 Å². The number of benzene rings is 1. The smallest absolute Gasteiger partial charge is 0.0991 e. The van der Waals surface area contributed by atoms with E-state index < -0.39 is 0 Å². The van der Waals surface area contributed by atoms with Crippen LogP contribution < -0.4 is 5.32 Å². The zero-order valence-corrected chi connectivity index (χ0v) is 14.1. The molecule has 0 radical (unpaired) electrons. The fraction of sp³-hybridized carbons (Fsp3) is 0.286. The summed E-state index contributed by atoms with van der Waals surface area (Å²) in [6.45, 7) is 13.3. The molecule has 0 amide bonds. The first-order valence-corrected chi connectivity index (χ1v) is 8.03. The van der Waals surface area contributed by atoms with E-state index in [2.05, 4.69) is 43.6 Å². The number of nitrogens with zero attached hydrogens (tertiary/aromatic N) is 1. The number of hydrogen-bond acceptors (Lipinski definition) is 2. The lowest BCUT2D eigenvalue weighted by molar-refractivity contribution is 0.673. The van der Waals surface area contributed by atoms with Gasteiger partial charge in [-0.25, -0.2) is 0 Å². The highest BCUT2D eigenvalue weighted by atomic mass is 14.9. The lowest BCUT2D eigenvalue weighted by Gasteiger charge is -2.16. The third kappa shape index (κ3) is 4.47. The van der Waals surface area contributed by atoms with Crippen LogP contribution in [0.3, 0.4) is 0 Å². The Labute approximate surface area is 139 Å². The van der Waals surface area contributed by atoms with Gasteiger partial charge in [-0.05, 0) is 74.1 Å². The fourth-order valence-corrected chi connectivity index (χ4v) is 2.71. The van der Waals surface area contributed by atoms with Gasteiger partial charge in [-0.3, -0.25) is 0 Å². The van der Waals surface area contributed by atoms with Crippen molar-refractivity contribution in [3.8, 4) is 6.07 Å². The third-order valence-electron chi connectivity index (χ3n) is 4.03. The molecule has 0 aromatic heterocycles. The molecule has 1 heterocycles. The molecule has 0 fully saturated rings. The normalized spacial score (nSPS) is 18.0. The van der Waals surface area contributed by atoms with E-state index in [1.165, 1.54) is 6.42 Å². The molecule has 0 saturated heterocycles. The van der Waals surface area contributed by atoms with E-state index in [-0.39, 0.29) is 0 Å². The van der Waals surface area contributed by atoms with Gasteiger partial charge in [-0.1, -0.05) is 30.4 Å². The maximum absolute atomic E-state index is 9.17. The summed E-state index contributed by atoms with van der Waals surface area (Å²) in [6, 6.07) is 8.00. The highest BCUT2D eigenvalue weighted by Gasteiger charge is 2.10. The first-order chi connectivity index (χ1) is 11.0. The summed E-state index contributed by atoms with van der Waals surface area (Å²) < 4.78 is 0. The van der Waals surface area contributed by atoms with E-state index >= 15 is 0 Å². The van der Waals surface area contributed by atoms with Crippen LogP contribution in [0.4, 0.5) is 0 Å². The van der Waals surface area contributed by atoms with Gasteiger partial charge in [0.25, 0.3) is 0 Å². The predicted octanol–water partition coefficient (Wildman–Crippen LogP) is 5.04. The van der Waals surface area contributed by atoms with Gasteiger partial charge in [-0.15, -0.1) is 0 Å². The number of nitrogens with one attached hydrogen (secondary N) is 1. The molecule has 1 aliphatic rings. The first-order valence-electron chi connectivity index (χ1n) is 8.03. The zero-order valence-electron chi connectivity index (χ0n) is 14.1. The molecule has 1 aromatic rings. The molecule has 0 unspecified atom stereocenters. The molecule has 1 N–H and O–H groups in total. The molecule has 118 valence electrons. The van der Waals surface area contributed by atoms with E-state index in [0.717, 1.165) is 52.9 Å². The van der Waals surface area contributed by atoms with E-state index in [0.29, 0.717) is 5.56 Å². The molecule has 23 heavy (non-hydrogen) atoms. The van der Waals surface area contributed by atoms with Crippen molar-refractivity contribution in [2.75, 3.05) is 6.54 Å². The minimum Gasteiger partial charge on any atom is -0.385 e. The average molecular weight is 304 g/mol. The second kappa shape index (κ2) is 7.65. The topological polar surface area (TPSA) is 35.8 Å². The quantitative estimate of drug-likeness (QED) is 0.794. The number of aryl methyl sites for hydroxylation is 1. The van der Waals surface area contributed by atoms with Crippen LogP contribution in [0.5, 0.6) is 0 Å². The predicted molar refractivity (Wildman–Crippen MR) is 97.8 cm³/mol. The van der Waals surface area contributed by atoms with E-state index in [1.54, 1.807) is 0 Å². The Morgan fingerprint density at radius 1 is 1.35 bits per heavy atom. The van der Waals surface area contributed by atoms with Crippen LogP contribution in [0.15, 0.2) is 60.4 Å². The van der Waals surface area contributed by atoms with Crippen LogP contribution >= 0.6 is 0 Å². The maximum atomic E-state index is 9.17. The van der Waals surface area contributed by atoms with Crippen molar-refractivity contribution in [2.24, 2.45) is 0 Å². The van der Waals surface area contributed by atoms with Crippen molar-refractivity contribution >= 4 is 5.57 Å². The van der Waals surface area contributed by atoms with Gasteiger partial charge in [-0.2, -0.15) is 5.26 Å². The molecular weight excluding hydrogens is 280 g/mol. The van der Waals surface area contributed by atoms with Crippen LogP contribution in [0, 0.1) is 18.3 Å². The molecular formula is C21H24N2. The van der Waals surface area contributed by atoms with Gasteiger partial charge in [0.1, 0.15) is 0 Å². The van der Waals surface area contributed by atoms with Gasteiger partial charge in [0.2, 0.25) is 0 Å². The van der Waals surface area contributed by atoms with Crippen molar-refractivity contribution in [1.82, 2.24) is 5.32 Å². The van der Waals surface area contributed by atoms with E-state index in [4.69, 9.17) is 0 Å². The third-order valence-corrected chi connectivity index (χ3v) is 4.03. The Hall–Kier alpha value is -2.53. The van der Waals surface area contributed by atoms with E-state index in [1.807, 2.05) is 25.1 Å². The van der Waals surface area contributed by atoms with Crippen LogP contribution in [-0.2, 0) is 0 Å². The Morgan fingerprint density at radius 2 is 2.13 bits per heavy atom. The fourth-order valence-electron chi connectivity index (χ4n) is 2.71. The average Bonchev–Trinajstić information content (AvgIpc) is 2.50. The maximum Gasteiger partial charge on any atom is 0.0991 e. The number of hydrogen-bond donors (Lipinski definition) is 1. The van der Waals surface area contributed by atoms with Crippen LogP contribution in [0.2, 0.25) is 0 Å². The molecule has 0 spiro atoms. The summed E-state index contributed by atoms with van der Waals surface area (Å²) in [4.78, 5) is 0. The van der Waals surface area contributed by atoms with Crippen molar-refractivity contribution in [2.45, 2.75) is 33.1 Å². The molecule has 0 saturated carbocycles. The highest BCUT2D eigenvalue weighted by Crippen LogP contribution is 2.27. The lowest BCUT2D eigenvalue weighted by Crippen LogP contribution is -2.15. The molecule has 0 aliphatic carbocycles. The zero-order chi connectivity index (χ0) is 16.8. The number of rotatable bonds is 3. The standard InChI is InChI=1S/C21H24N2/c1-15(2)20(21-12-18(14-22)9-8-17(21)4)13-19-11-16(3)7-5-6-10-23-19/h8-9,11-13,23H,1,3,5-7,10H2,2,4H3/b19-11-,20-13+. The Balaban J connectivity index is 2.49. The van der Waals surface area contributed by atoms with Crippen molar-refractivity contribution in [1.29, 1.82) is 5.26 Å². The molecule has 0 atom stereocenters. The molecule has 2 rings (SSSR count). The Kier molecular flexibility index (Phi) is 5.60. The lowest BCUT2D eigenvalue weighted by atomic mass is 9.93. The highest BCUT2D eigenvalue weighted by molar-refractivity contribution is 5.81. The summed E-state index contributed by atoms with van der Waals surface area (Å²) >= 11 is 0. The second-order valence-corrected chi connectivity index (χ2v) is 6.12. The van der Waals surface area contributed by atoms with Gasteiger partial charge in [0.05, 0.1) is 11.6 Å². The van der Waals surface area contributed by atoms with Crippen LogP contribution in [0.1, 0.15) is 42.9 Å². The summed E-state index contributed by atoms with van der Waals surface area (Å²) in [7, 11) is 0. The van der Waals surface area contributed by atoms with Crippen molar-refractivity contribution in [3.05, 3.63) is 77.0 Å². The summed E-state index contributed by atoms with van der Waals surface area (Å²) in [6.07, 6.45) is 7.61. The van der Waals surface area contributed by atoms with Gasteiger partial charge < -0.3 is 5.32 Å². The van der Waals surface area contributed by atoms with Gasteiger partial charge in [0, 0.05) is 12.2 Å². The molecule has 1 aromatic carbocycles. The monoisotopic (exact) mass is 304 g/mol. The summed E-state index contributed by atoms with van der Waals surface area (Å²) in [5.74, 6) is 0. The number of allylic oxidation sites excluding steroid dienone is 5. The summed E-state index contributed by atoms with van der Waals surface area (Å²) in [5.41, 5.74) is 7.13. The number of nitriles is 1. The second-order valence-electron chi connectivity index (χ2n) is 6.12. The van der Waals surface area contributed by atoms with E-state index in [9.17, 15) is 5.26 Å². The van der Waals surface area contributed by atoms with Crippen molar-refractivity contribution < 1.29 is 0 Å². The largest absolute Gasteiger partial charge is 0.385 e. The minimum atomic E-state index is 0.668. The molecule has 2 heteroatoms. The molecule has 2 nitrogen and oxygen atoms in total. The van der Waals surface area contributed by atoms with Gasteiger partial charge in [0.15, 0.2) is 0 Å². The Morgan fingerprint density at radius 3 is 2.83 bits per heavy atom.